The first-order chi connectivity index (χ1) is 8.87. The lowest BCUT2D eigenvalue weighted by atomic mass is 9.94. The number of likely N-dealkylation sites (tertiary alicyclic amines) is 1. The molecule has 1 heterocycles. The summed E-state index contributed by atoms with van der Waals surface area (Å²) in [5.41, 5.74) is 0.515. The smallest absolute Gasteiger partial charge is 0.411 e. The van der Waals surface area contributed by atoms with Crippen LogP contribution in [0, 0.1) is 0 Å². The van der Waals surface area contributed by atoms with Crippen molar-refractivity contribution in [3.63, 3.8) is 0 Å². The number of ketones is 1. The molecule has 0 radical (unpaired) electrons. The molecule has 0 unspecified atom stereocenters. The molecule has 2 rings (SSSR count). The minimum Gasteiger partial charge on any atom is -0.444 e. The average molecular weight is 261 g/mol. The van der Waals surface area contributed by atoms with Gasteiger partial charge < -0.3 is 4.74 Å². The highest BCUT2D eigenvalue weighted by Crippen LogP contribution is 2.21. The first-order valence-corrected chi connectivity index (χ1v) is 6.43. The van der Waals surface area contributed by atoms with E-state index in [-0.39, 0.29) is 18.4 Å². The highest BCUT2D eigenvalue weighted by Gasteiger charge is 2.42. The van der Waals surface area contributed by atoms with E-state index in [1.807, 2.05) is 51.1 Å². The van der Waals surface area contributed by atoms with Gasteiger partial charge in [0.2, 0.25) is 0 Å². The third-order valence-electron chi connectivity index (χ3n) is 2.97. The number of benzene rings is 1. The van der Waals surface area contributed by atoms with Crippen molar-refractivity contribution < 1.29 is 14.3 Å². The predicted octanol–water partition coefficient (Wildman–Crippen LogP) is 2.42. The van der Waals surface area contributed by atoms with Crippen LogP contribution >= 0.6 is 0 Å². The Hall–Kier alpha value is -1.84. The minimum atomic E-state index is -0.535. The Balaban J connectivity index is 2.00. The molecule has 19 heavy (non-hydrogen) atoms. The van der Waals surface area contributed by atoms with Gasteiger partial charge in [-0.05, 0) is 26.3 Å². The highest BCUT2D eigenvalue weighted by molar-refractivity contribution is 5.97. The van der Waals surface area contributed by atoms with Gasteiger partial charge in [0.25, 0.3) is 0 Å². The molecule has 0 N–H and O–H groups in total. The SMILES string of the molecule is CC(C)(C)OC(=O)N1CC(=O)[C@@H]1Cc1ccccc1. The first-order valence-electron chi connectivity index (χ1n) is 6.43. The maximum absolute atomic E-state index is 11.9. The lowest BCUT2D eigenvalue weighted by Gasteiger charge is -2.39. The second kappa shape index (κ2) is 5.03. The molecule has 1 saturated heterocycles. The lowest BCUT2D eigenvalue weighted by Crippen LogP contribution is -2.61. The molecule has 1 aromatic carbocycles. The molecule has 1 amide bonds. The molecule has 0 bridgehead atoms. The van der Waals surface area contributed by atoms with Gasteiger partial charge in [-0.25, -0.2) is 4.79 Å². The second-order valence-electron chi connectivity index (χ2n) is 5.78. The second-order valence-corrected chi connectivity index (χ2v) is 5.78. The third-order valence-corrected chi connectivity index (χ3v) is 2.97. The molecule has 1 aliphatic rings. The van der Waals surface area contributed by atoms with E-state index in [0.717, 1.165) is 5.56 Å². The lowest BCUT2D eigenvalue weighted by molar-refractivity contribution is -0.135. The number of ether oxygens (including phenoxy) is 1. The van der Waals surface area contributed by atoms with E-state index < -0.39 is 11.7 Å². The average Bonchev–Trinajstić information content (AvgIpc) is 2.32. The Kier molecular flexibility index (Phi) is 3.60. The van der Waals surface area contributed by atoms with E-state index >= 15 is 0 Å². The Bertz CT molecular complexity index is 476. The number of carbonyl (C=O) groups excluding carboxylic acids is 2. The zero-order chi connectivity index (χ0) is 14.0. The van der Waals surface area contributed by atoms with Crippen molar-refractivity contribution in [2.24, 2.45) is 0 Å². The molecule has 102 valence electrons. The van der Waals surface area contributed by atoms with Crippen LogP contribution in [0.25, 0.3) is 0 Å². The zero-order valence-electron chi connectivity index (χ0n) is 11.6. The molecular weight excluding hydrogens is 242 g/mol. The van der Waals surface area contributed by atoms with Crippen molar-refractivity contribution in [2.75, 3.05) is 6.54 Å². The number of carbonyl (C=O) groups is 2. The summed E-state index contributed by atoms with van der Waals surface area (Å²) in [5, 5.41) is 0. The van der Waals surface area contributed by atoms with Crippen LogP contribution in [0.1, 0.15) is 26.3 Å². The summed E-state index contributed by atoms with van der Waals surface area (Å²) >= 11 is 0. The molecule has 0 saturated carbocycles. The van der Waals surface area contributed by atoms with E-state index in [1.54, 1.807) is 0 Å². The van der Waals surface area contributed by atoms with Crippen LogP contribution in [0.3, 0.4) is 0 Å². The van der Waals surface area contributed by atoms with Crippen LogP contribution in [0.15, 0.2) is 30.3 Å². The van der Waals surface area contributed by atoms with Crippen LogP contribution < -0.4 is 0 Å². The summed E-state index contributed by atoms with van der Waals surface area (Å²) in [6.07, 6.45) is 0.145. The van der Waals surface area contributed by atoms with Gasteiger partial charge in [-0.3, -0.25) is 9.69 Å². The largest absolute Gasteiger partial charge is 0.444 e. The Morgan fingerprint density at radius 1 is 1.32 bits per heavy atom. The first kappa shape index (κ1) is 13.6. The number of hydrogen-bond donors (Lipinski definition) is 0. The van der Waals surface area contributed by atoms with Crippen LogP contribution in [0.2, 0.25) is 0 Å². The number of amides is 1. The van der Waals surface area contributed by atoms with Gasteiger partial charge in [-0.15, -0.1) is 0 Å². The number of nitrogens with zero attached hydrogens (tertiary/aromatic N) is 1. The van der Waals surface area contributed by atoms with Gasteiger partial charge in [0.05, 0.1) is 6.54 Å². The molecule has 0 aliphatic carbocycles. The Morgan fingerprint density at radius 2 is 1.95 bits per heavy atom. The van der Waals surface area contributed by atoms with E-state index in [9.17, 15) is 9.59 Å². The van der Waals surface area contributed by atoms with Gasteiger partial charge >= 0.3 is 6.09 Å². The van der Waals surface area contributed by atoms with Crippen LogP contribution in [0.5, 0.6) is 0 Å². The van der Waals surface area contributed by atoms with Crippen molar-refractivity contribution in [1.29, 1.82) is 0 Å². The van der Waals surface area contributed by atoms with Crippen molar-refractivity contribution >= 4 is 11.9 Å². The third kappa shape index (κ3) is 3.34. The van der Waals surface area contributed by atoms with Crippen molar-refractivity contribution in [3.05, 3.63) is 35.9 Å². The molecule has 1 aromatic rings. The quantitative estimate of drug-likeness (QED) is 0.821. The van der Waals surface area contributed by atoms with Crippen LogP contribution in [-0.4, -0.2) is 35.0 Å². The fourth-order valence-electron chi connectivity index (χ4n) is 2.02. The maximum atomic E-state index is 11.9. The molecule has 1 aliphatic heterocycles. The fourth-order valence-corrected chi connectivity index (χ4v) is 2.02. The monoisotopic (exact) mass is 261 g/mol. The van der Waals surface area contributed by atoms with Gasteiger partial charge in [0.1, 0.15) is 11.6 Å². The van der Waals surface area contributed by atoms with E-state index in [2.05, 4.69) is 0 Å². The van der Waals surface area contributed by atoms with Crippen LogP contribution in [-0.2, 0) is 16.0 Å². The van der Waals surface area contributed by atoms with Crippen molar-refractivity contribution in [1.82, 2.24) is 4.90 Å². The maximum Gasteiger partial charge on any atom is 0.411 e. The Labute approximate surface area is 113 Å². The Morgan fingerprint density at radius 3 is 2.47 bits per heavy atom. The standard InChI is InChI=1S/C15H19NO3/c1-15(2,3)19-14(18)16-10-13(17)12(16)9-11-7-5-4-6-8-11/h4-8,12H,9-10H2,1-3H3/t12-/m0/s1. The fraction of sp³-hybridized carbons (Fsp3) is 0.467. The summed E-state index contributed by atoms with van der Waals surface area (Å²) in [6, 6.07) is 9.32. The highest BCUT2D eigenvalue weighted by atomic mass is 16.6. The van der Waals surface area contributed by atoms with Gasteiger partial charge in [-0.2, -0.15) is 0 Å². The minimum absolute atomic E-state index is 0.0923. The topological polar surface area (TPSA) is 46.6 Å². The number of rotatable bonds is 2. The number of hydrogen-bond acceptors (Lipinski definition) is 3. The molecule has 0 spiro atoms. The molecule has 1 fully saturated rings. The van der Waals surface area contributed by atoms with Crippen molar-refractivity contribution in [2.45, 2.75) is 38.8 Å². The van der Waals surface area contributed by atoms with E-state index in [1.165, 1.54) is 4.90 Å². The molecule has 1 atom stereocenters. The zero-order valence-corrected chi connectivity index (χ0v) is 11.6. The van der Waals surface area contributed by atoms with Gasteiger partial charge in [0, 0.05) is 6.42 Å². The summed E-state index contributed by atoms with van der Waals surface area (Å²) in [4.78, 5) is 25.1. The summed E-state index contributed by atoms with van der Waals surface area (Å²) in [5.74, 6) is 0.0923. The summed E-state index contributed by atoms with van der Waals surface area (Å²) in [7, 11) is 0. The normalized spacial score (nSPS) is 19.0. The van der Waals surface area contributed by atoms with Crippen LogP contribution in [0.4, 0.5) is 4.79 Å². The molecule has 4 nitrogen and oxygen atoms in total. The molecule has 0 aromatic heterocycles. The van der Waals surface area contributed by atoms with E-state index in [4.69, 9.17) is 4.74 Å². The van der Waals surface area contributed by atoms with Gasteiger partial charge in [0.15, 0.2) is 5.78 Å². The summed E-state index contributed by atoms with van der Waals surface area (Å²) < 4.78 is 5.29. The number of Topliss-reactive ketones (excluding diaryl/α,β-unsaturated/α-hetero) is 1. The molecule has 4 heteroatoms. The van der Waals surface area contributed by atoms with E-state index in [0.29, 0.717) is 6.42 Å². The predicted molar refractivity (Wildman–Crippen MR) is 71.9 cm³/mol. The van der Waals surface area contributed by atoms with Gasteiger partial charge in [-0.1, -0.05) is 30.3 Å². The van der Waals surface area contributed by atoms with Crippen molar-refractivity contribution in [3.8, 4) is 0 Å². The molecular formula is C15H19NO3. The summed E-state index contributed by atoms with van der Waals surface area (Å²) in [6.45, 7) is 5.61.